The van der Waals surface area contributed by atoms with Crippen LogP contribution < -0.4 is 5.73 Å². The van der Waals surface area contributed by atoms with Crippen molar-refractivity contribution in [2.75, 3.05) is 5.73 Å². The van der Waals surface area contributed by atoms with Crippen molar-refractivity contribution < 1.29 is 18.7 Å². The van der Waals surface area contributed by atoms with E-state index < -0.39 is 34.9 Å². The number of anilines is 1. The summed E-state index contributed by atoms with van der Waals surface area (Å²) in [5.41, 5.74) is 2.88. The number of carbonyl (C=O) groups is 1. The third-order valence-corrected chi connectivity index (χ3v) is 1.70. The first kappa shape index (κ1) is 10.8. The summed E-state index contributed by atoms with van der Waals surface area (Å²) >= 11 is 0. The third-order valence-electron chi connectivity index (χ3n) is 1.70. The van der Waals surface area contributed by atoms with Gasteiger partial charge in [0.15, 0.2) is 5.69 Å². The molecular weight excluding hydrogens is 208 g/mol. The lowest BCUT2D eigenvalue weighted by molar-refractivity contribution is 0.0689. The van der Waals surface area contributed by atoms with Crippen LogP contribution in [0.4, 0.5) is 14.5 Å². The minimum atomic E-state index is -2.90. The molecule has 3 N–H and O–H groups in total. The normalized spacial score (nSPS) is 10.0. The zero-order valence-corrected chi connectivity index (χ0v) is 7.24. The lowest BCUT2D eigenvalue weighted by Gasteiger charge is -2.06. The highest BCUT2D eigenvalue weighted by molar-refractivity contribution is 5.90. The molecule has 0 aliphatic carbocycles. The Labute approximate surface area is 82.8 Å². The van der Waals surface area contributed by atoms with E-state index >= 15 is 0 Å². The summed E-state index contributed by atoms with van der Waals surface area (Å²) in [6.45, 7) is 0. The van der Waals surface area contributed by atoms with Crippen LogP contribution in [0.2, 0.25) is 0 Å². The average molecular weight is 213 g/mol. The van der Waals surface area contributed by atoms with E-state index in [1.165, 1.54) is 6.07 Å². The molecule has 0 spiro atoms. The minimum Gasteiger partial charge on any atom is -0.476 e. The molecule has 0 radical (unpaired) electrons. The van der Waals surface area contributed by atoms with E-state index in [-0.39, 0.29) is 0 Å². The van der Waals surface area contributed by atoms with Crippen LogP contribution in [-0.2, 0) is 0 Å². The fraction of sp³-hybridized carbons (Fsp3) is 0.125. The van der Waals surface area contributed by atoms with E-state index in [0.717, 1.165) is 0 Å². The van der Waals surface area contributed by atoms with Gasteiger partial charge in [0.25, 0.3) is 6.43 Å². The maximum Gasteiger partial charge on any atom is 0.355 e. The number of hydrogen-bond acceptors (Lipinski definition) is 4. The maximum atomic E-state index is 12.3. The van der Waals surface area contributed by atoms with Crippen molar-refractivity contribution in [2.24, 2.45) is 0 Å². The van der Waals surface area contributed by atoms with Crippen LogP contribution in [0.1, 0.15) is 28.0 Å². The molecule has 1 heterocycles. The number of nitriles is 1. The Kier molecular flexibility index (Phi) is 2.80. The van der Waals surface area contributed by atoms with Gasteiger partial charge in [0, 0.05) is 6.20 Å². The Bertz CT molecular complexity index is 454. The molecule has 78 valence electrons. The molecule has 0 unspecified atom stereocenters. The predicted octanol–water partition coefficient (Wildman–Crippen LogP) is 1.17. The lowest BCUT2D eigenvalue weighted by atomic mass is 10.1. The Balaban J connectivity index is 3.48. The van der Waals surface area contributed by atoms with Crippen LogP contribution in [0.25, 0.3) is 0 Å². The van der Waals surface area contributed by atoms with E-state index in [4.69, 9.17) is 16.1 Å². The molecule has 0 amide bonds. The highest BCUT2D eigenvalue weighted by Gasteiger charge is 2.21. The third kappa shape index (κ3) is 1.83. The molecule has 1 rings (SSSR count). The fourth-order valence-electron chi connectivity index (χ4n) is 0.989. The number of aromatic nitrogens is 1. The van der Waals surface area contributed by atoms with Gasteiger partial charge in [-0.2, -0.15) is 5.26 Å². The number of pyridine rings is 1. The van der Waals surface area contributed by atoms with Gasteiger partial charge >= 0.3 is 5.97 Å². The van der Waals surface area contributed by atoms with E-state index in [1.54, 1.807) is 0 Å². The van der Waals surface area contributed by atoms with Crippen molar-refractivity contribution in [3.63, 3.8) is 0 Å². The van der Waals surface area contributed by atoms with Crippen molar-refractivity contribution in [1.29, 1.82) is 5.26 Å². The Morgan fingerprint density at radius 2 is 2.27 bits per heavy atom. The standard InChI is InChI=1S/C8H5F2N3O2/c9-7(10)4-2-13-6(8(14)15)3(1-11)5(4)12/h2,7H,(H2,12,13)(H,14,15). The number of rotatable bonds is 2. The van der Waals surface area contributed by atoms with E-state index in [9.17, 15) is 13.6 Å². The minimum absolute atomic E-state index is 0.541. The number of halogens is 2. The van der Waals surface area contributed by atoms with E-state index in [2.05, 4.69) is 4.98 Å². The molecule has 0 aliphatic heterocycles. The SMILES string of the molecule is N#Cc1c(C(=O)O)ncc(C(F)F)c1N. The predicted molar refractivity (Wildman–Crippen MR) is 45.3 cm³/mol. The van der Waals surface area contributed by atoms with Gasteiger partial charge in [-0.15, -0.1) is 0 Å². The van der Waals surface area contributed by atoms with Crippen LogP contribution in [0.5, 0.6) is 0 Å². The summed E-state index contributed by atoms with van der Waals surface area (Å²) in [4.78, 5) is 13.8. The lowest BCUT2D eigenvalue weighted by Crippen LogP contribution is -2.09. The number of hydrogen-bond donors (Lipinski definition) is 2. The van der Waals surface area contributed by atoms with Crippen molar-refractivity contribution in [1.82, 2.24) is 4.98 Å². The summed E-state index contributed by atoms with van der Waals surface area (Å²) < 4.78 is 24.6. The average Bonchev–Trinajstić information content (AvgIpc) is 2.16. The number of carboxylic acid groups (broad SMARTS) is 1. The Morgan fingerprint density at radius 1 is 1.67 bits per heavy atom. The van der Waals surface area contributed by atoms with E-state index in [0.29, 0.717) is 6.20 Å². The van der Waals surface area contributed by atoms with Gasteiger partial charge in [-0.1, -0.05) is 0 Å². The van der Waals surface area contributed by atoms with Crippen LogP contribution in [0.3, 0.4) is 0 Å². The van der Waals surface area contributed by atoms with Crippen molar-refractivity contribution in [3.8, 4) is 6.07 Å². The number of alkyl halides is 2. The van der Waals surface area contributed by atoms with E-state index in [1.807, 2.05) is 0 Å². The fourth-order valence-corrected chi connectivity index (χ4v) is 0.989. The summed E-state index contributed by atoms with van der Waals surface area (Å²) in [6, 6.07) is 1.44. The Hall–Kier alpha value is -2.23. The highest BCUT2D eigenvalue weighted by atomic mass is 19.3. The first-order valence-corrected chi connectivity index (χ1v) is 3.69. The molecule has 0 saturated carbocycles. The second kappa shape index (κ2) is 3.88. The van der Waals surface area contributed by atoms with Crippen molar-refractivity contribution in [2.45, 2.75) is 6.43 Å². The summed E-state index contributed by atoms with van der Waals surface area (Å²) in [7, 11) is 0. The zero-order chi connectivity index (χ0) is 11.6. The molecular formula is C8H5F2N3O2. The van der Waals surface area contributed by atoms with Crippen LogP contribution in [0.15, 0.2) is 6.20 Å². The van der Waals surface area contributed by atoms with Crippen LogP contribution in [-0.4, -0.2) is 16.1 Å². The van der Waals surface area contributed by atoms with Gasteiger partial charge < -0.3 is 10.8 Å². The monoisotopic (exact) mass is 213 g/mol. The molecule has 0 atom stereocenters. The molecule has 0 saturated heterocycles. The molecule has 0 aliphatic rings. The Morgan fingerprint density at radius 3 is 2.67 bits per heavy atom. The van der Waals surface area contributed by atoms with Gasteiger partial charge in [-0.25, -0.2) is 18.6 Å². The second-order valence-electron chi connectivity index (χ2n) is 2.57. The number of nitrogens with two attached hydrogens (primary N) is 1. The van der Waals surface area contributed by atoms with Gasteiger partial charge in [0.1, 0.15) is 11.6 Å². The highest BCUT2D eigenvalue weighted by Crippen LogP contribution is 2.27. The largest absolute Gasteiger partial charge is 0.476 e. The molecule has 7 heteroatoms. The van der Waals surface area contributed by atoms with Gasteiger partial charge in [0.2, 0.25) is 0 Å². The molecule has 0 bridgehead atoms. The first-order valence-electron chi connectivity index (χ1n) is 3.69. The summed E-state index contributed by atoms with van der Waals surface area (Å²) in [5.74, 6) is -1.49. The molecule has 0 fully saturated rings. The zero-order valence-electron chi connectivity index (χ0n) is 7.24. The summed E-state index contributed by atoms with van der Waals surface area (Å²) in [6.07, 6.45) is -2.24. The topological polar surface area (TPSA) is 100 Å². The second-order valence-corrected chi connectivity index (χ2v) is 2.57. The summed E-state index contributed by atoms with van der Waals surface area (Å²) in [5, 5.41) is 17.2. The molecule has 5 nitrogen and oxygen atoms in total. The molecule has 0 aromatic carbocycles. The van der Waals surface area contributed by atoms with Gasteiger partial charge in [-0.3, -0.25) is 0 Å². The molecule has 1 aromatic rings. The number of carboxylic acids is 1. The smallest absolute Gasteiger partial charge is 0.355 e. The van der Waals surface area contributed by atoms with Gasteiger partial charge in [0.05, 0.1) is 11.3 Å². The maximum absolute atomic E-state index is 12.3. The number of nitrogens with zero attached hydrogens (tertiary/aromatic N) is 2. The van der Waals surface area contributed by atoms with Crippen molar-refractivity contribution in [3.05, 3.63) is 23.0 Å². The van der Waals surface area contributed by atoms with Gasteiger partial charge in [-0.05, 0) is 0 Å². The number of aromatic carboxylic acids is 1. The number of nitrogen functional groups attached to an aromatic ring is 1. The molecule has 1 aromatic heterocycles. The van der Waals surface area contributed by atoms with Crippen LogP contribution in [0, 0.1) is 11.3 Å². The van der Waals surface area contributed by atoms with Crippen LogP contribution >= 0.6 is 0 Å². The quantitative estimate of drug-likeness (QED) is 0.767. The molecule has 15 heavy (non-hydrogen) atoms. The first-order chi connectivity index (χ1) is 6.99. The van der Waals surface area contributed by atoms with Crippen molar-refractivity contribution >= 4 is 11.7 Å².